The zero-order valence-corrected chi connectivity index (χ0v) is 12.2. The fraction of sp³-hybridized carbons (Fsp3) is 0.444. The van der Waals surface area contributed by atoms with Gasteiger partial charge in [0.1, 0.15) is 0 Å². The maximum absolute atomic E-state index is 12.2. The highest BCUT2D eigenvalue weighted by Crippen LogP contribution is 2.09. The topological polar surface area (TPSA) is 145 Å². The Labute approximate surface area is 118 Å². The first-order valence-electron chi connectivity index (χ1n) is 5.76. The second kappa shape index (κ2) is 5.21. The second-order valence-corrected chi connectivity index (χ2v) is 6.05. The number of hydrogen-bond donors (Lipinski definition) is 2. The number of aromatic amines is 1. The van der Waals surface area contributed by atoms with Gasteiger partial charge in [0.05, 0.1) is 6.04 Å². The predicted octanol–water partition coefficient (Wildman–Crippen LogP) is -2.36. The molecule has 0 aliphatic heterocycles. The number of rotatable bonds is 4. The van der Waals surface area contributed by atoms with Gasteiger partial charge in [-0.3, -0.25) is 9.36 Å². The zero-order chi connectivity index (χ0) is 15.8. The summed E-state index contributed by atoms with van der Waals surface area (Å²) < 4.78 is 28.5. The van der Waals surface area contributed by atoms with Crippen molar-refractivity contribution >= 4 is 10.0 Å². The average Bonchev–Trinajstić information content (AvgIpc) is 2.94. The normalized spacial score (nSPS) is 13.3. The van der Waals surface area contributed by atoms with Crippen molar-refractivity contribution in [3.63, 3.8) is 0 Å². The lowest BCUT2D eigenvalue weighted by molar-refractivity contribution is 0.551. The van der Waals surface area contributed by atoms with Gasteiger partial charge >= 0.3 is 5.69 Å². The van der Waals surface area contributed by atoms with E-state index in [2.05, 4.69) is 25.3 Å². The van der Waals surface area contributed by atoms with E-state index in [4.69, 9.17) is 0 Å². The van der Waals surface area contributed by atoms with E-state index in [1.165, 1.54) is 21.0 Å². The third kappa shape index (κ3) is 2.75. The molecule has 2 aromatic rings. The van der Waals surface area contributed by atoms with Gasteiger partial charge in [-0.15, -0.1) is 10.2 Å². The SMILES string of the molecule is CC(NS(=O)(=O)c1cn(C)c(=O)n(C)c1=O)c1nn[nH]n1. The van der Waals surface area contributed by atoms with Crippen LogP contribution in [-0.2, 0) is 24.1 Å². The summed E-state index contributed by atoms with van der Waals surface area (Å²) in [5.74, 6) is 0.125. The van der Waals surface area contributed by atoms with Crippen LogP contribution in [0.5, 0.6) is 0 Å². The third-order valence-corrected chi connectivity index (χ3v) is 4.31. The Hall–Kier alpha value is -2.34. The summed E-state index contributed by atoms with van der Waals surface area (Å²) in [6, 6.07) is -0.796. The highest BCUT2D eigenvalue weighted by Gasteiger charge is 2.25. The summed E-state index contributed by atoms with van der Waals surface area (Å²) in [5.41, 5.74) is -1.53. The van der Waals surface area contributed by atoms with Crippen molar-refractivity contribution in [2.45, 2.75) is 17.9 Å². The van der Waals surface area contributed by atoms with Gasteiger partial charge in [-0.1, -0.05) is 5.21 Å². The minimum atomic E-state index is -4.14. The molecule has 0 bridgehead atoms. The van der Waals surface area contributed by atoms with Gasteiger partial charge in [0.15, 0.2) is 10.7 Å². The Morgan fingerprint density at radius 2 is 2.00 bits per heavy atom. The summed E-state index contributed by atoms with van der Waals surface area (Å²) in [5, 5.41) is 12.8. The fourth-order valence-electron chi connectivity index (χ4n) is 1.66. The number of sulfonamides is 1. The Kier molecular flexibility index (Phi) is 3.74. The van der Waals surface area contributed by atoms with Crippen molar-refractivity contribution in [3.05, 3.63) is 32.9 Å². The lowest BCUT2D eigenvalue weighted by atomic mass is 10.4. The van der Waals surface area contributed by atoms with E-state index >= 15 is 0 Å². The van der Waals surface area contributed by atoms with Crippen LogP contribution in [0.1, 0.15) is 18.8 Å². The van der Waals surface area contributed by atoms with Gasteiger partial charge in [-0.2, -0.15) is 5.21 Å². The number of tetrazole rings is 1. The van der Waals surface area contributed by atoms with Crippen molar-refractivity contribution in [3.8, 4) is 0 Å². The zero-order valence-electron chi connectivity index (χ0n) is 11.4. The number of H-pyrrole nitrogens is 1. The van der Waals surface area contributed by atoms with Crippen LogP contribution in [-0.4, -0.2) is 38.2 Å². The molecule has 21 heavy (non-hydrogen) atoms. The Morgan fingerprint density at radius 3 is 2.57 bits per heavy atom. The van der Waals surface area contributed by atoms with Crippen LogP contribution in [0.15, 0.2) is 20.7 Å². The van der Waals surface area contributed by atoms with Crippen LogP contribution < -0.4 is 16.0 Å². The van der Waals surface area contributed by atoms with E-state index < -0.39 is 32.2 Å². The maximum Gasteiger partial charge on any atom is 0.330 e. The summed E-state index contributed by atoms with van der Waals surface area (Å²) in [6.07, 6.45) is 0.968. The molecular weight excluding hydrogens is 302 g/mol. The molecule has 1 unspecified atom stereocenters. The quantitative estimate of drug-likeness (QED) is 0.641. The van der Waals surface area contributed by atoms with Crippen LogP contribution in [0.25, 0.3) is 0 Å². The Morgan fingerprint density at radius 1 is 1.33 bits per heavy atom. The maximum atomic E-state index is 12.2. The number of aromatic nitrogens is 6. The smallest absolute Gasteiger partial charge is 0.302 e. The third-order valence-electron chi connectivity index (χ3n) is 2.79. The highest BCUT2D eigenvalue weighted by atomic mass is 32.2. The lowest BCUT2D eigenvalue weighted by Gasteiger charge is -2.12. The molecule has 0 spiro atoms. The lowest BCUT2D eigenvalue weighted by Crippen LogP contribution is -2.41. The Balaban J connectivity index is 2.46. The first kappa shape index (κ1) is 15.1. The summed E-state index contributed by atoms with van der Waals surface area (Å²) in [6.45, 7) is 1.49. The molecular formula is C9H13N7O4S. The molecule has 2 rings (SSSR count). The monoisotopic (exact) mass is 315 g/mol. The van der Waals surface area contributed by atoms with Gasteiger partial charge in [0.25, 0.3) is 5.56 Å². The molecule has 0 saturated heterocycles. The molecule has 0 aromatic carbocycles. The summed E-state index contributed by atoms with van der Waals surface area (Å²) in [4.78, 5) is 23.0. The fourth-order valence-corrected chi connectivity index (χ4v) is 3.02. The molecule has 0 fully saturated rings. The number of hydrogen-bond acceptors (Lipinski definition) is 7. The van der Waals surface area contributed by atoms with Crippen molar-refractivity contribution in [2.24, 2.45) is 14.1 Å². The van der Waals surface area contributed by atoms with E-state index in [0.29, 0.717) is 4.57 Å². The molecule has 2 N–H and O–H groups in total. The van der Waals surface area contributed by atoms with Crippen molar-refractivity contribution in [2.75, 3.05) is 0 Å². The average molecular weight is 315 g/mol. The van der Waals surface area contributed by atoms with Gasteiger partial charge in [0, 0.05) is 20.3 Å². The highest BCUT2D eigenvalue weighted by molar-refractivity contribution is 7.89. The molecule has 0 radical (unpaired) electrons. The van der Waals surface area contributed by atoms with E-state index in [0.717, 1.165) is 10.8 Å². The molecule has 12 heteroatoms. The molecule has 1 atom stereocenters. The largest absolute Gasteiger partial charge is 0.330 e. The van der Waals surface area contributed by atoms with Crippen molar-refractivity contribution in [1.82, 2.24) is 34.5 Å². The molecule has 2 aromatic heterocycles. The molecule has 2 heterocycles. The minimum absolute atomic E-state index is 0.125. The first-order chi connectivity index (χ1) is 9.74. The molecule has 0 amide bonds. The van der Waals surface area contributed by atoms with Gasteiger partial charge in [0.2, 0.25) is 10.0 Å². The number of nitrogens with zero attached hydrogens (tertiary/aromatic N) is 5. The summed E-state index contributed by atoms with van der Waals surface area (Å²) in [7, 11) is -1.59. The predicted molar refractivity (Wildman–Crippen MR) is 69.8 cm³/mol. The van der Waals surface area contributed by atoms with Gasteiger partial charge in [-0.05, 0) is 6.92 Å². The second-order valence-electron chi connectivity index (χ2n) is 4.36. The van der Waals surface area contributed by atoms with E-state index in [1.807, 2.05) is 0 Å². The minimum Gasteiger partial charge on any atom is -0.302 e. The van der Waals surface area contributed by atoms with Crippen LogP contribution in [0, 0.1) is 0 Å². The van der Waals surface area contributed by atoms with Crippen LogP contribution in [0.4, 0.5) is 0 Å². The molecule has 114 valence electrons. The molecule has 0 aliphatic rings. The van der Waals surface area contributed by atoms with Crippen molar-refractivity contribution < 1.29 is 8.42 Å². The molecule has 0 aliphatic carbocycles. The van der Waals surface area contributed by atoms with E-state index in [1.54, 1.807) is 0 Å². The molecule has 0 saturated carbocycles. The van der Waals surface area contributed by atoms with Crippen LogP contribution in [0.2, 0.25) is 0 Å². The van der Waals surface area contributed by atoms with E-state index in [-0.39, 0.29) is 5.82 Å². The summed E-state index contributed by atoms with van der Waals surface area (Å²) >= 11 is 0. The standard InChI is InChI=1S/C9H13N7O4S/c1-5(7-10-13-14-11-7)12-21(19,20)6-4-15(2)9(18)16(3)8(6)17/h4-5,12H,1-3H3,(H,10,11,13,14). The van der Waals surface area contributed by atoms with Crippen LogP contribution >= 0.6 is 0 Å². The number of nitrogens with one attached hydrogen (secondary N) is 2. The van der Waals surface area contributed by atoms with E-state index in [9.17, 15) is 18.0 Å². The van der Waals surface area contributed by atoms with Gasteiger partial charge < -0.3 is 4.57 Å². The van der Waals surface area contributed by atoms with Crippen LogP contribution in [0.3, 0.4) is 0 Å². The number of aryl methyl sites for hydroxylation is 1. The van der Waals surface area contributed by atoms with Gasteiger partial charge in [-0.25, -0.2) is 17.9 Å². The Bertz CT molecular complexity index is 864. The first-order valence-corrected chi connectivity index (χ1v) is 7.24. The molecule has 11 nitrogen and oxygen atoms in total. The van der Waals surface area contributed by atoms with Crippen molar-refractivity contribution in [1.29, 1.82) is 0 Å².